The van der Waals surface area contributed by atoms with Crippen molar-refractivity contribution >= 4 is 37.9 Å². The third-order valence-corrected chi connectivity index (χ3v) is 6.03. The maximum absolute atomic E-state index is 6.20. The van der Waals surface area contributed by atoms with Gasteiger partial charge < -0.3 is 4.42 Å². The lowest BCUT2D eigenvalue weighted by molar-refractivity contribution is 0.670. The standard InChI is InChI=1S/C28H17BrN2O/c29-26-17-24(19-7-2-1-3-8-19)30-28(31-26)20-15-13-18(14-16-20)21-10-6-11-23-22-9-4-5-12-25(22)32-27(21)23/h1-17H. The van der Waals surface area contributed by atoms with E-state index in [0.29, 0.717) is 5.82 Å². The van der Waals surface area contributed by atoms with Gasteiger partial charge in [0.2, 0.25) is 0 Å². The molecule has 0 aliphatic carbocycles. The van der Waals surface area contributed by atoms with Crippen molar-refractivity contribution in [2.45, 2.75) is 0 Å². The first kappa shape index (κ1) is 19.0. The summed E-state index contributed by atoms with van der Waals surface area (Å²) in [5.74, 6) is 0.687. The molecule has 0 N–H and O–H groups in total. The molecule has 6 rings (SSSR count). The Morgan fingerprint density at radius 3 is 2.16 bits per heavy atom. The molecule has 0 bridgehead atoms. The zero-order valence-electron chi connectivity index (χ0n) is 17.0. The third-order valence-electron chi connectivity index (χ3n) is 5.62. The van der Waals surface area contributed by atoms with Crippen LogP contribution in [0.25, 0.3) is 55.7 Å². The number of halogens is 1. The fraction of sp³-hybridized carbons (Fsp3) is 0. The molecule has 152 valence electrons. The molecule has 0 aliphatic heterocycles. The quantitative estimate of drug-likeness (QED) is 0.242. The van der Waals surface area contributed by atoms with Crippen molar-refractivity contribution < 1.29 is 4.42 Å². The van der Waals surface area contributed by atoms with Crippen molar-refractivity contribution in [3.8, 4) is 33.8 Å². The van der Waals surface area contributed by atoms with E-state index in [4.69, 9.17) is 9.40 Å². The van der Waals surface area contributed by atoms with Crippen LogP contribution in [0.5, 0.6) is 0 Å². The second kappa shape index (κ2) is 7.74. The predicted molar refractivity (Wildman–Crippen MR) is 133 cm³/mol. The first-order valence-electron chi connectivity index (χ1n) is 10.4. The lowest BCUT2D eigenvalue weighted by atomic mass is 10.0. The molecular weight excluding hydrogens is 460 g/mol. The Kier molecular flexibility index (Phi) is 4.58. The summed E-state index contributed by atoms with van der Waals surface area (Å²) in [5, 5.41) is 2.27. The van der Waals surface area contributed by atoms with Crippen molar-refractivity contribution in [2.24, 2.45) is 0 Å². The summed E-state index contributed by atoms with van der Waals surface area (Å²) in [6.07, 6.45) is 0. The second-order valence-electron chi connectivity index (χ2n) is 7.62. The summed E-state index contributed by atoms with van der Waals surface area (Å²) in [4.78, 5) is 9.39. The predicted octanol–water partition coefficient (Wildman–Crippen LogP) is 8.14. The van der Waals surface area contributed by atoms with Crippen molar-refractivity contribution in [3.05, 3.63) is 108 Å². The summed E-state index contributed by atoms with van der Waals surface area (Å²) in [6.45, 7) is 0. The van der Waals surface area contributed by atoms with Crippen molar-refractivity contribution in [1.29, 1.82) is 0 Å². The van der Waals surface area contributed by atoms with Gasteiger partial charge in [0.25, 0.3) is 0 Å². The number of rotatable bonds is 3. The highest BCUT2D eigenvalue weighted by molar-refractivity contribution is 9.10. The van der Waals surface area contributed by atoms with Crippen LogP contribution in [0.3, 0.4) is 0 Å². The zero-order valence-corrected chi connectivity index (χ0v) is 18.6. The SMILES string of the molecule is Brc1cc(-c2ccccc2)nc(-c2ccc(-c3cccc4c3oc3ccccc34)cc2)n1. The third kappa shape index (κ3) is 3.29. The van der Waals surface area contributed by atoms with Crippen LogP contribution in [0.4, 0.5) is 0 Å². The molecule has 3 nitrogen and oxygen atoms in total. The minimum absolute atomic E-state index is 0.687. The van der Waals surface area contributed by atoms with E-state index in [1.807, 2.05) is 42.5 Å². The molecule has 4 aromatic carbocycles. The highest BCUT2D eigenvalue weighted by Gasteiger charge is 2.13. The molecule has 0 spiro atoms. The van der Waals surface area contributed by atoms with E-state index in [0.717, 1.165) is 54.5 Å². The molecule has 6 aromatic rings. The molecule has 0 aliphatic rings. The van der Waals surface area contributed by atoms with Gasteiger partial charge in [-0.15, -0.1) is 0 Å². The van der Waals surface area contributed by atoms with Gasteiger partial charge in [-0.05, 0) is 33.6 Å². The van der Waals surface area contributed by atoms with Gasteiger partial charge in [-0.2, -0.15) is 0 Å². The molecule has 32 heavy (non-hydrogen) atoms. The van der Waals surface area contributed by atoms with Gasteiger partial charge in [-0.25, -0.2) is 9.97 Å². The van der Waals surface area contributed by atoms with Crippen molar-refractivity contribution in [3.63, 3.8) is 0 Å². The molecular formula is C28H17BrN2O. The van der Waals surface area contributed by atoms with Gasteiger partial charge in [0.15, 0.2) is 5.82 Å². The normalized spacial score (nSPS) is 11.3. The second-order valence-corrected chi connectivity index (χ2v) is 8.44. The van der Waals surface area contributed by atoms with Crippen molar-refractivity contribution in [2.75, 3.05) is 0 Å². The highest BCUT2D eigenvalue weighted by Crippen LogP contribution is 2.36. The van der Waals surface area contributed by atoms with E-state index < -0.39 is 0 Å². The first-order valence-corrected chi connectivity index (χ1v) is 11.2. The molecule has 0 atom stereocenters. The van der Waals surface area contributed by atoms with Gasteiger partial charge >= 0.3 is 0 Å². The summed E-state index contributed by atoms with van der Waals surface area (Å²) in [5.41, 5.74) is 6.89. The van der Waals surface area contributed by atoms with E-state index in [1.54, 1.807) is 0 Å². The van der Waals surface area contributed by atoms with Crippen LogP contribution in [0.1, 0.15) is 0 Å². The van der Waals surface area contributed by atoms with E-state index in [-0.39, 0.29) is 0 Å². The molecule has 2 aromatic heterocycles. The zero-order chi connectivity index (χ0) is 21.5. The van der Waals surface area contributed by atoms with Gasteiger partial charge in [0.05, 0.1) is 5.69 Å². The van der Waals surface area contributed by atoms with Gasteiger partial charge in [0.1, 0.15) is 15.8 Å². The summed E-state index contributed by atoms with van der Waals surface area (Å²) in [7, 11) is 0. The molecule has 0 unspecified atom stereocenters. The van der Waals surface area contributed by atoms with E-state index in [1.165, 1.54) is 0 Å². The first-order chi connectivity index (χ1) is 15.8. The number of para-hydroxylation sites is 2. The summed E-state index contributed by atoms with van der Waals surface area (Å²) in [6, 6.07) is 34.8. The number of aromatic nitrogens is 2. The van der Waals surface area contributed by atoms with E-state index >= 15 is 0 Å². The average molecular weight is 477 g/mol. The number of hydrogen-bond donors (Lipinski definition) is 0. The molecule has 0 saturated heterocycles. The van der Waals surface area contributed by atoms with Crippen LogP contribution in [0, 0.1) is 0 Å². The van der Waals surface area contributed by atoms with Crippen molar-refractivity contribution in [1.82, 2.24) is 9.97 Å². The largest absolute Gasteiger partial charge is 0.455 e. The molecule has 2 heterocycles. The Morgan fingerprint density at radius 2 is 1.31 bits per heavy atom. The van der Waals surface area contributed by atoms with Crippen LogP contribution in [0.2, 0.25) is 0 Å². The minimum Gasteiger partial charge on any atom is -0.455 e. The maximum Gasteiger partial charge on any atom is 0.161 e. The van der Waals surface area contributed by atoms with Gasteiger partial charge in [-0.3, -0.25) is 0 Å². The lowest BCUT2D eigenvalue weighted by Crippen LogP contribution is -1.93. The number of hydrogen-bond acceptors (Lipinski definition) is 3. The minimum atomic E-state index is 0.687. The van der Waals surface area contributed by atoms with E-state index in [9.17, 15) is 0 Å². The number of benzene rings is 4. The van der Waals surface area contributed by atoms with Crippen LogP contribution in [0.15, 0.2) is 112 Å². The monoisotopic (exact) mass is 476 g/mol. The summed E-state index contributed by atoms with van der Waals surface area (Å²) < 4.78 is 6.96. The molecule has 0 amide bonds. The fourth-order valence-electron chi connectivity index (χ4n) is 4.08. The Balaban J connectivity index is 1.42. The number of furan rings is 1. The smallest absolute Gasteiger partial charge is 0.161 e. The Hall–Kier alpha value is -3.76. The number of nitrogens with zero attached hydrogens (tertiary/aromatic N) is 2. The summed E-state index contributed by atoms with van der Waals surface area (Å²) >= 11 is 3.54. The Morgan fingerprint density at radius 1 is 0.594 bits per heavy atom. The molecule has 4 heteroatoms. The topological polar surface area (TPSA) is 38.9 Å². The maximum atomic E-state index is 6.20. The van der Waals surface area contributed by atoms with Gasteiger partial charge in [-0.1, -0.05) is 91.0 Å². The lowest BCUT2D eigenvalue weighted by Gasteiger charge is -2.07. The van der Waals surface area contributed by atoms with Crippen LogP contribution < -0.4 is 0 Å². The Labute approximate surface area is 193 Å². The van der Waals surface area contributed by atoms with Crippen LogP contribution >= 0.6 is 15.9 Å². The van der Waals surface area contributed by atoms with Crippen LogP contribution in [-0.4, -0.2) is 9.97 Å². The van der Waals surface area contributed by atoms with Gasteiger partial charge in [0, 0.05) is 27.5 Å². The molecule has 0 fully saturated rings. The van der Waals surface area contributed by atoms with E-state index in [2.05, 4.69) is 81.6 Å². The molecule has 0 radical (unpaired) electrons. The fourth-order valence-corrected chi connectivity index (χ4v) is 4.46. The Bertz CT molecular complexity index is 1570. The highest BCUT2D eigenvalue weighted by atomic mass is 79.9. The number of fused-ring (bicyclic) bond motifs is 3. The average Bonchev–Trinajstić information content (AvgIpc) is 3.23. The molecule has 0 saturated carbocycles. The van der Waals surface area contributed by atoms with Crippen LogP contribution in [-0.2, 0) is 0 Å².